The van der Waals surface area contributed by atoms with Gasteiger partial charge in [0.1, 0.15) is 11.4 Å². The van der Waals surface area contributed by atoms with Crippen molar-refractivity contribution in [1.29, 1.82) is 0 Å². The SMILES string of the molecule is CC(C)Cc1cc(-c2[c-]cccc2)ncc1[Si](C)(C)C.CC(C)c1cc(F)cc(C(C)C)c1-n1c(-c2[c-]ccc3c2oc2cc4ccc5ccccc5c4cc23)nc2ccccc21.[Ir]. The molecule has 64 heavy (non-hydrogen) atoms. The van der Waals surface area contributed by atoms with Crippen LogP contribution in [0.5, 0.6) is 0 Å². The second kappa shape index (κ2) is 18.0. The molecule has 0 bridgehead atoms. The average molecular weight is 1040 g/mol. The fourth-order valence-corrected chi connectivity index (χ4v) is 10.7. The summed E-state index contributed by atoms with van der Waals surface area (Å²) >= 11 is 0. The predicted molar refractivity (Wildman–Crippen MR) is 266 cm³/mol. The summed E-state index contributed by atoms with van der Waals surface area (Å²) in [7, 11) is -1.34. The number of aromatic nitrogens is 3. The van der Waals surface area contributed by atoms with Crippen molar-refractivity contribution in [3.05, 3.63) is 168 Å². The van der Waals surface area contributed by atoms with E-state index in [-0.39, 0.29) is 37.8 Å². The number of hydrogen-bond acceptors (Lipinski definition) is 3. The van der Waals surface area contributed by atoms with Crippen LogP contribution < -0.4 is 5.19 Å². The van der Waals surface area contributed by atoms with E-state index < -0.39 is 8.07 Å². The number of benzene rings is 7. The molecule has 0 N–H and O–H groups in total. The van der Waals surface area contributed by atoms with Crippen molar-refractivity contribution in [1.82, 2.24) is 14.5 Å². The van der Waals surface area contributed by atoms with Gasteiger partial charge >= 0.3 is 0 Å². The van der Waals surface area contributed by atoms with E-state index in [1.54, 1.807) is 12.1 Å². The molecular weight excluding hydrogens is 982 g/mol. The summed E-state index contributed by atoms with van der Waals surface area (Å²) in [6.07, 6.45) is 3.24. The maximum absolute atomic E-state index is 15.0. The maximum Gasteiger partial charge on any atom is 0.123 e. The predicted octanol–water partition coefficient (Wildman–Crippen LogP) is 15.4. The Labute approximate surface area is 390 Å². The van der Waals surface area contributed by atoms with E-state index in [0.29, 0.717) is 5.92 Å². The molecule has 0 saturated carbocycles. The van der Waals surface area contributed by atoms with Crippen LogP contribution in [-0.2, 0) is 26.5 Å². The van der Waals surface area contributed by atoms with Gasteiger partial charge in [-0.05, 0) is 104 Å². The molecule has 1 radical (unpaired) electrons. The minimum absolute atomic E-state index is 0. The van der Waals surface area contributed by atoms with Gasteiger partial charge < -0.3 is 14.0 Å². The molecule has 0 atom stereocenters. The van der Waals surface area contributed by atoms with E-state index in [9.17, 15) is 0 Å². The Hall–Kier alpha value is -5.72. The largest absolute Gasteiger partial charge is 0.501 e. The minimum atomic E-state index is -1.34. The molecule has 0 unspecified atom stereocenters. The van der Waals surface area contributed by atoms with Gasteiger partial charge in [-0.2, -0.15) is 0 Å². The molecule has 325 valence electrons. The number of para-hydroxylation sites is 2. The van der Waals surface area contributed by atoms with Crippen molar-refractivity contribution in [2.75, 3.05) is 0 Å². The van der Waals surface area contributed by atoms with E-state index >= 15 is 4.39 Å². The first-order chi connectivity index (χ1) is 30.3. The molecule has 0 aliphatic carbocycles. The summed E-state index contributed by atoms with van der Waals surface area (Å²) in [6.45, 7) is 20.2. The van der Waals surface area contributed by atoms with Crippen LogP contribution in [0.1, 0.15) is 70.1 Å². The molecule has 10 aromatic rings. The standard InChI is InChI=1S/C39H30FN2O.C18H24NSi.Ir/c1-22(2)30-19-26(40)20-31(23(3)4)37(30)42-35-15-8-7-14-34(35)41-39(42)29-13-9-12-28-33-21-32-25(18-36(33)43-38(28)29)17-16-24-10-5-6-11-27(24)32;1-14(2)11-16-12-17(15-9-7-6-8-10-15)19-13-18(16)20(3,4)5;/h5-12,14-23H,1-4H3;6-9,12-14H,11H2,1-5H3;/q2*-1;. The van der Waals surface area contributed by atoms with E-state index in [1.807, 2.05) is 42.5 Å². The van der Waals surface area contributed by atoms with Gasteiger partial charge in [0.15, 0.2) is 0 Å². The van der Waals surface area contributed by atoms with Crippen LogP contribution in [0.2, 0.25) is 19.6 Å². The first-order valence-corrected chi connectivity index (χ1v) is 25.7. The Morgan fingerprint density at radius 2 is 1.39 bits per heavy atom. The van der Waals surface area contributed by atoms with Gasteiger partial charge in [-0.1, -0.05) is 132 Å². The third kappa shape index (κ3) is 8.49. The average Bonchev–Trinajstić information content (AvgIpc) is 3.83. The first kappa shape index (κ1) is 44.9. The number of imidazole rings is 1. The zero-order valence-corrected chi connectivity index (χ0v) is 41.5. The van der Waals surface area contributed by atoms with Crippen molar-refractivity contribution < 1.29 is 28.9 Å². The molecule has 0 fully saturated rings. The maximum atomic E-state index is 15.0. The Morgan fingerprint density at radius 3 is 2.09 bits per heavy atom. The quantitative estimate of drug-likeness (QED) is 0.0865. The molecule has 7 aromatic carbocycles. The Bertz CT molecular complexity index is 3280. The smallest absolute Gasteiger partial charge is 0.123 e. The van der Waals surface area contributed by atoms with Crippen molar-refractivity contribution in [3.8, 4) is 28.3 Å². The number of furan rings is 1. The van der Waals surface area contributed by atoms with Gasteiger partial charge in [0.25, 0.3) is 0 Å². The Kier molecular flexibility index (Phi) is 12.6. The van der Waals surface area contributed by atoms with E-state index in [1.165, 1.54) is 26.9 Å². The molecule has 3 aromatic heterocycles. The summed E-state index contributed by atoms with van der Waals surface area (Å²) in [4.78, 5) is 9.86. The summed E-state index contributed by atoms with van der Waals surface area (Å²) in [6, 6.07) is 49.8. The van der Waals surface area contributed by atoms with Crippen LogP contribution in [0.15, 0.2) is 138 Å². The van der Waals surface area contributed by atoms with Gasteiger partial charge in [-0.3, -0.25) is 4.98 Å². The Morgan fingerprint density at radius 1 is 0.688 bits per heavy atom. The van der Waals surface area contributed by atoms with Crippen molar-refractivity contribution in [3.63, 3.8) is 0 Å². The fraction of sp³-hybridized carbons (Fsp3) is 0.228. The molecule has 0 aliphatic heterocycles. The second-order valence-electron chi connectivity index (χ2n) is 18.9. The van der Waals surface area contributed by atoms with Crippen LogP contribution in [0.4, 0.5) is 4.39 Å². The molecule has 10 rings (SSSR count). The van der Waals surface area contributed by atoms with Gasteiger partial charge in [0.05, 0.1) is 30.5 Å². The summed E-state index contributed by atoms with van der Waals surface area (Å²) < 4.78 is 23.9. The van der Waals surface area contributed by atoms with Gasteiger partial charge in [0.2, 0.25) is 0 Å². The molecule has 0 aliphatic rings. The van der Waals surface area contributed by atoms with Crippen molar-refractivity contribution in [2.45, 2.75) is 79.4 Å². The number of halogens is 1. The number of hydrogen-bond donors (Lipinski definition) is 0. The molecule has 0 spiro atoms. The zero-order valence-electron chi connectivity index (χ0n) is 38.1. The van der Waals surface area contributed by atoms with Gasteiger partial charge in [-0.25, -0.2) is 4.39 Å². The molecule has 0 amide bonds. The monoisotopic (exact) mass is 1040 g/mol. The summed E-state index contributed by atoms with van der Waals surface area (Å²) in [5, 5.41) is 8.34. The minimum Gasteiger partial charge on any atom is -0.501 e. The van der Waals surface area contributed by atoms with Crippen molar-refractivity contribution >= 4 is 67.8 Å². The third-order valence-corrected chi connectivity index (χ3v) is 14.2. The summed E-state index contributed by atoms with van der Waals surface area (Å²) in [5.74, 6) is 1.39. The van der Waals surface area contributed by atoms with Gasteiger partial charge in [-0.15, -0.1) is 54.1 Å². The van der Waals surface area contributed by atoms with E-state index in [0.717, 1.165) is 84.2 Å². The normalized spacial score (nSPS) is 12.0. The molecular formula is C57H54FIrN3OSi-2. The van der Waals surface area contributed by atoms with Crippen LogP contribution in [0.3, 0.4) is 0 Å². The first-order valence-electron chi connectivity index (χ1n) is 22.2. The van der Waals surface area contributed by atoms with Crippen molar-refractivity contribution in [2.24, 2.45) is 5.92 Å². The molecule has 3 heterocycles. The van der Waals surface area contributed by atoms with Crippen LogP contribution >= 0.6 is 0 Å². The second-order valence-corrected chi connectivity index (χ2v) is 23.9. The molecule has 0 saturated heterocycles. The van der Waals surface area contributed by atoms with E-state index in [4.69, 9.17) is 9.40 Å². The molecule has 4 nitrogen and oxygen atoms in total. The Balaban J connectivity index is 0.000000225. The summed E-state index contributed by atoms with van der Waals surface area (Å²) in [5.41, 5.74) is 10.7. The zero-order chi connectivity index (χ0) is 44.2. The number of nitrogens with zero attached hydrogens (tertiary/aromatic N) is 3. The number of pyridine rings is 1. The number of rotatable bonds is 8. The molecule has 7 heteroatoms. The van der Waals surface area contributed by atoms with Gasteiger partial charge in [0, 0.05) is 37.4 Å². The van der Waals surface area contributed by atoms with Crippen LogP contribution in [-0.4, -0.2) is 22.6 Å². The van der Waals surface area contributed by atoms with Crippen LogP contribution in [0, 0.1) is 23.9 Å². The third-order valence-electron chi connectivity index (χ3n) is 12.1. The fourth-order valence-electron chi connectivity index (χ4n) is 9.09. The topological polar surface area (TPSA) is 43.9 Å². The number of fused-ring (bicyclic) bond motifs is 7. The van der Waals surface area contributed by atoms with Crippen LogP contribution in [0.25, 0.3) is 82.8 Å². The van der Waals surface area contributed by atoms with E-state index in [2.05, 4.69) is 162 Å².